The molecule has 0 aliphatic rings. The molecule has 3 rings (SSSR count). The average Bonchev–Trinajstić information content (AvgIpc) is 3.14. The predicted molar refractivity (Wildman–Crippen MR) is 98.3 cm³/mol. The zero-order chi connectivity index (χ0) is 19.3. The SMILES string of the molecule is COc1ccc(COc2ccc(-n3cc(COS(C)(=O)=O)cn3)nc2)cc1. The summed E-state index contributed by atoms with van der Waals surface area (Å²) in [6.07, 6.45) is 5.79. The van der Waals surface area contributed by atoms with Crippen molar-refractivity contribution in [1.29, 1.82) is 0 Å². The van der Waals surface area contributed by atoms with Gasteiger partial charge >= 0.3 is 0 Å². The maximum Gasteiger partial charge on any atom is 0.264 e. The van der Waals surface area contributed by atoms with Crippen molar-refractivity contribution in [2.45, 2.75) is 13.2 Å². The molecule has 9 heteroatoms. The molecule has 142 valence electrons. The first-order chi connectivity index (χ1) is 12.9. The Morgan fingerprint density at radius 3 is 2.33 bits per heavy atom. The van der Waals surface area contributed by atoms with Crippen molar-refractivity contribution in [3.05, 3.63) is 66.1 Å². The average molecular weight is 389 g/mol. The highest BCUT2D eigenvalue weighted by molar-refractivity contribution is 7.85. The van der Waals surface area contributed by atoms with Gasteiger partial charge in [-0.2, -0.15) is 13.5 Å². The summed E-state index contributed by atoms with van der Waals surface area (Å²) in [7, 11) is -1.87. The second-order valence-corrected chi connectivity index (χ2v) is 7.39. The number of hydrogen-bond donors (Lipinski definition) is 0. The number of rotatable bonds is 8. The lowest BCUT2D eigenvalue weighted by Gasteiger charge is -2.07. The Balaban J connectivity index is 1.59. The molecule has 27 heavy (non-hydrogen) atoms. The summed E-state index contributed by atoms with van der Waals surface area (Å²) in [5.74, 6) is 2.00. The van der Waals surface area contributed by atoms with Crippen LogP contribution in [0.3, 0.4) is 0 Å². The van der Waals surface area contributed by atoms with E-state index >= 15 is 0 Å². The van der Waals surface area contributed by atoms with E-state index in [1.54, 1.807) is 31.6 Å². The molecule has 0 radical (unpaired) electrons. The number of aromatic nitrogens is 3. The first-order valence-corrected chi connectivity index (χ1v) is 9.85. The molecule has 0 spiro atoms. The zero-order valence-electron chi connectivity index (χ0n) is 14.9. The summed E-state index contributed by atoms with van der Waals surface area (Å²) in [6.45, 7) is 0.349. The monoisotopic (exact) mass is 389 g/mol. The lowest BCUT2D eigenvalue weighted by Crippen LogP contribution is -2.02. The number of hydrogen-bond acceptors (Lipinski definition) is 7. The van der Waals surface area contributed by atoms with Gasteiger partial charge in [0.25, 0.3) is 10.1 Å². The minimum Gasteiger partial charge on any atom is -0.497 e. The van der Waals surface area contributed by atoms with E-state index in [2.05, 4.69) is 10.1 Å². The van der Waals surface area contributed by atoms with E-state index in [4.69, 9.17) is 13.7 Å². The molecule has 0 aliphatic heterocycles. The highest BCUT2D eigenvalue weighted by atomic mass is 32.2. The number of pyridine rings is 1. The van der Waals surface area contributed by atoms with Crippen LogP contribution in [-0.4, -0.2) is 36.5 Å². The van der Waals surface area contributed by atoms with Gasteiger partial charge in [-0.1, -0.05) is 12.1 Å². The van der Waals surface area contributed by atoms with Gasteiger partial charge in [0.15, 0.2) is 5.82 Å². The van der Waals surface area contributed by atoms with E-state index < -0.39 is 10.1 Å². The molecule has 1 aromatic carbocycles. The van der Waals surface area contributed by atoms with Crippen molar-refractivity contribution in [3.8, 4) is 17.3 Å². The van der Waals surface area contributed by atoms with Crippen molar-refractivity contribution >= 4 is 10.1 Å². The van der Waals surface area contributed by atoms with Gasteiger partial charge < -0.3 is 9.47 Å². The molecule has 0 saturated heterocycles. The smallest absolute Gasteiger partial charge is 0.264 e. The van der Waals surface area contributed by atoms with E-state index in [1.165, 1.54) is 10.9 Å². The molecule has 0 aliphatic carbocycles. The van der Waals surface area contributed by atoms with Crippen LogP contribution in [0.15, 0.2) is 55.0 Å². The van der Waals surface area contributed by atoms with Crippen LogP contribution in [0.2, 0.25) is 0 Å². The van der Waals surface area contributed by atoms with Crippen molar-refractivity contribution < 1.29 is 22.1 Å². The van der Waals surface area contributed by atoms with Crippen LogP contribution < -0.4 is 9.47 Å². The first-order valence-electron chi connectivity index (χ1n) is 8.03. The third kappa shape index (κ3) is 5.53. The first kappa shape index (κ1) is 18.9. The maximum absolute atomic E-state index is 11.0. The quantitative estimate of drug-likeness (QED) is 0.546. The lowest BCUT2D eigenvalue weighted by atomic mass is 10.2. The Labute approximate surface area is 157 Å². The molecule has 2 heterocycles. The fraction of sp³-hybridized carbons (Fsp3) is 0.222. The van der Waals surface area contributed by atoms with Gasteiger partial charge in [-0.05, 0) is 29.8 Å². The molecule has 0 bridgehead atoms. The highest BCUT2D eigenvalue weighted by Crippen LogP contribution is 2.16. The van der Waals surface area contributed by atoms with Crippen LogP contribution in [0, 0.1) is 0 Å². The molecular weight excluding hydrogens is 370 g/mol. The topological polar surface area (TPSA) is 92.5 Å². The van der Waals surface area contributed by atoms with Gasteiger partial charge in [0.05, 0.1) is 32.4 Å². The van der Waals surface area contributed by atoms with Crippen LogP contribution in [0.1, 0.15) is 11.1 Å². The minimum absolute atomic E-state index is 0.0676. The Morgan fingerprint density at radius 2 is 1.70 bits per heavy atom. The fourth-order valence-corrected chi connectivity index (χ4v) is 2.57. The number of ether oxygens (including phenoxy) is 2. The molecule has 0 atom stereocenters. The Hall–Kier alpha value is -2.91. The Morgan fingerprint density at radius 1 is 0.963 bits per heavy atom. The molecule has 0 saturated carbocycles. The highest BCUT2D eigenvalue weighted by Gasteiger charge is 2.07. The summed E-state index contributed by atoms with van der Waals surface area (Å²) in [6, 6.07) is 11.2. The zero-order valence-corrected chi connectivity index (χ0v) is 15.7. The van der Waals surface area contributed by atoms with Gasteiger partial charge in [-0.3, -0.25) is 4.18 Å². The lowest BCUT2D eigenvalue weighted by molar-refractivity contribution is 0.304. The summed E-state index contributed by atoms with van der Waals surface area (Å²) >= 11 is 0. The predicted octanol–water partition coefficient (Wildman–Crippen LogP) is 2.33. The van der Waals surface area contributed by atoms with E-state index in [9.17, 15) is 8.42 Å². The molecule has 3 aromatic rings. The minimum atomic E-state index is -3.49. The molecule has 8 nitrogen and oxygen atoms in total. The molecular formula is C18H19N3O5S. The molecule has 2 aromatic heterocycles. The largest absolute Gasteiger partial charge is 0.497 e. The molecule has 0 fully saturated rings. The molecule has 0 unspecified atom stereocenters. The van der Waals surface area contributed by atoms with Gasteiger partial charge in [-0.25, -0.2) is 9.67 Å². The second-order valence-electron chi connectivity index (χ2n) is 5.75. The summed E-state index contributed by atoms with van der Waals surface area (Å²) in [5, 5.41) is 4.15. The van der Waals surface area contributed by atoms with Gasteiger partial charge in [0.1, 0.15) is 18.1 Å². The third-order valence-electron chi connectivity index (χ3n) is 3.60. The summed E-state index contributed by atoms with van der Waals surface area (Å²) < 4.78 is 39.2. The van der Waals surface area contributed by atoms with Gasteiger partial charge in [0, 0.05) is 11.8 Å². The molecule has 0 amide bonds. The van der Waals surface area contributed by atoms with Crippen molar-refractivity contribution in [2.75, 3.05) is 13.4 Å². The summed E-state index contributed by atoms with van der Waals surface area (Å²) in [4.78, 5) is 4.31. The third-order valence-corrected chi connectivity index (χ3v) is 4.14. The number of methoxy groups -OCH3 is 1. The normalized spacial score (nSPS) is 11.3. The van der Waals surface area contributed by atoms with E-state index in [0.29, 0.717) is 23.7 Å². The Kier molecular flexibility index (Phi) is 5.72. The van der Waals surface area contributed by atoms with Crippen LogP contribution in [0.5, 0.6) is 11.5 Å². The maximum atomic E-state index is 11.0. The number of nitrogens with zero attached hydrogens (tertiary/aromatic N) is 3. The van der Waals surface area contributed by atoms with Gasteiger partial charge in [-0.15, -0.1) is 0 Å². The Bertz CT molecular complexity index is 983. The van der Waals surface area contributed by atoms with Crippen LogP contribution in [-0.2, 0) is 27.5 Å². The summed E-state index contributed by atoms with van der Waals surface area (Å²) in [5.41, 5.74) is 1.64. The van der Waals surface area contributed by atoms with E-state index in [0.717, 1.165) is 17.6 Å². The number of benzene rings is 1. The molecule has 0 N–H and O–H groups in total. The van der Waals surface area contributed by atoms with Crippen molar-refractivity contribution in [1.82, 2.24) is 14.8 Å². The van der Waals surface area contributed by atoms with E-state index in [-0.39, 0.29) is 6.61 Å². The second kappa shape index (κ2) is 8.19. The van der Waals surface area contributed by atoms with Crippen LogP contribution in [0.25, 0.3) is 5.82 Å². The van der Waals surface area contributed by atoms with Crippen LogP contribution in [0.4, 0.5) is 0 Å². The van der Waals surface area contributed by atoms with Crippen molar-refractivity contribution in [2.24, 2.45) is 0 Å². The van der Waals surface area contributed by atoms with Crippen molar-refractivity contribution in [3.63, 3.8) is 0 Å². The van der Waals surface area contributed by atoms with E-state index in [1.807, 2.05) is 24.3 Å². The standard InChI is InChI=1S/C18H19N3O5S/c1-24-16-5-3-14(4-6-16)12-25-17-7-8-18(19-10-17)21-11-15(9-20-21)13-26-27(2,22)23/h3-11H,12-13H2,1-2H3. The fourth-order valence-electron chi connectivity index (χ4n) is 2.22. The van der Waals surface area contributed by atoms with Gasteiger partial charge in [0.2, 0.25) is 0 Å². The van der Waals surface area contributed by atoms with Crippen LogP contribution >= 0.6 is 0 Å².